The number of nitrogens with zero attached hydrogens (tertiary/aromatic N) is 2. The first-order valence-electron chi connectivity index (χ1n) is 15.5. The molecule has 1 fully saturated rings. The van der Waals surface area contributed by atoms with Crippen LogP contribution in [0.25, 0.3) is 0 Å². The summed E-state index contributed by atoms with van der Waals surface area (Å²) in [6.45, 7) is 0.852. The molecule has 5 rings (SSSR count). The lowest BCUT2D eigenvalue weighted by Gasteiger charge is -2.33. The Morgan fingerprint density at radius 3 is 2.28 bits per heavy atom. The van der Waals surface area contributed by atoms with Gasteiger partial charge in [-0.1, -0.05) is 72.4 Å². The number of carbonyl (C=O) groups excluding carboxylic acids is 2. The van der Waals surface area contributed by atoms with E-state index in [0.29, 0.717) is 52.4 Å². The minimum Gasteiger partial charge on any atom is -0.486 e. The van der Waals surface area contributed by atoms with Gasteiger partial charge in [0, 0.05) is 53.6 Å². The summed E-state index contributed by atoms with van der Waals surface area (Å²) in [5.41, 5.74) is 1.86. The number of anilines is 1. The Kier molecular flexibility index (Phi) is 11.4. The topological polar surface area (TPSA) is 105 Å². The first-order valence-corrected chi connectivity index (χ1v) is 18.1. The van der Waals surface area contributed by atoms with E-state index in [1.54, 1.807) is 41.3 Å². The van der Waals surface area contributed by atoms with Crippen molar-refractivity contribution in [3.63, 3.8) is 0 Å². The molecule has 1 aliphatic carbocycles. The summed E-state index contributed by atoms with van der Waals surface area (Å²) in [5.74, 6) is 0.469. The highest BCUT2D eigenvalue weighted by Gasteiger charge is 2.33. The smallest absolute Gasteiger partial charge is 0.243 e. The molecule has 246 valence electrons. The van der Waals surface area contributed by atoms with Crippen molar-refractivity contribution in [1.29, 1.82) is 0 Å². The van der Waals surface area contributed by atoms with E-state index in [0.717, 1.165) is 37.5 Å². The van der Waals surface area contributed by atoms with Gasteiger partial charge in [-0.25, -0.2) is 8.42 Å². The number of halogens is 2. The summed E-state index contributed by atoms with van der Waals surface area (Å²) in [6.07, 6.45) is 5.50. The van der Waals surface area contributed by atoms with Gasteiger partial charge in [0.05, 0.1) is 11.9 Å². The molecule has 3 aromatic rings. The van der Waals surface area contributed by atoms with Crippen LogP contribution in [0.5, 0.6) is 11.5 Å². The highest BCUT2D eigenvalue weighted by molar-refractivity contribution is 7.92. The average Bonchev–Trinajstić information content (AvgIpc) is 3.55. The second kappa shape index (κ2) is 15.4. The summed E-state index contributed by atoms with van der Waals surface area (Å²) in [7, 11) is -3.69. The lowest BCUT2D eigenvalue weighted by molar-refractivity contribution is -0.141. The number of amides is 2. The number of carbonyl (C=O) groups is 2. The van der Waals surface area contributed by atoms with E-state index in [4.69, 9.17) is 32.7 Å². The third kappa shape index (κ3) is 8.66. The molecule has 1 N–H and O–H groups in total. The molecule has 9 nitrogen and oxygen atoms in total. The summed E-state index contributed by atoms with van der Waals surface area (Å²) < 4.78 is 38.2. The van der Waals surface area contributed by atoms with Crippen LogP contribution in [0, 0.1) is 0 Å². The van der Waals surface area contributed by atoms with Gasteiger partial charge in [-0.3, -0.25) is 13.9 Å². The standard InChI is InChI=1S/C34H39Cl2N3O6S/c1-46(42,43)39(26-16-17-31-32(22-26)45-20-19-44-31)18-8-15-33(40)38(23-27-28(35)13-7-14-29(27)36)30(21-24-9-3-2-4-10-24)34(41)37-25-11-5-6-12-25/h2-4,7,9-10,13-14,16-17,22,25,30H,5-6,8,11-12,15,18-21,23H2,1H3,(H,37,41)/t30-/m0/s1. The molecular weight excluding hydrogens is 649 g/mol. The third-order valence-electron chi connectivity index (χ3n) is 8.33. The minimum atomic E-state index is -3.69. The number of sulfonamides is 1. The van der Waals surface area contributed by atoms with Gasteiger partial charge in [-0.05, 0) is 49.1 Å². The number of fused-ring (bicyclic) bond motifs is 1. The summed E-state index contributed by atoms with van der Waals surface area (Å²) in [4.78, 5) is 29.6. The van der Waals surface area contributed by atoms with Crippen LogP contribution in [0.3, 0.4) is 0 Å². The van der Waals surface area contributed by atoms with Crippen molar-refractivity contribution in [2.75, 3.05) is 30.3 Å². The Bertz CT molecular complexity index is 1610. The molecule has 3 aromatic carbocycles. The molecule has 1 saturated carbocycles. The second-order valence-electron chi connectivity index (χ2n) is 11.7. The minimum absolute atomic E-state index is 0.0133. The molecule has 12 heteroatoms. The largest absolute Gasteiger partial charge is 0.486 e. The average molecular weight is 689 g/mol. The highest BCUT2D eigenvalue weighted by atomic mass is 35.5. The quantitative estimate of drug-likeness (QED) is 0.236. The molecule has 0 unspecified atom stereocenters. The van der Waals surface area contributed by atoms with Crippen LogP contribution >= 0.6 is 23.2 Å². The molecular formula is C34H39Cl2N3O6S. The van der Waals surface area contributed by atoms with Crippen LogP contribution in [-0.4, -0.2) is 63.2 Å². The molecule has 0 aromatic heterocycles. The van der Waals surface area contributed by atoms with Crippen molar-refractivity contribution in [2.24, 2.45) is 0 Å². The summed E-state index contributed by atoms with van der Waals surface area (Å²) in [5, 5.41) is 3.96. The lowest BCUT2D eigenvalue weighted by Crippen LogP contribution is -2.52. The fourth-order valence-corrected chi connectivity index (χ4v) is 7.44. The second-order valence-corrected chi connectivity index (χ2v) is 14.4. The maximum absolute atomic E-state index is 14.2. The van der Waals surface area contributed by atoms with E-state index in [2.05, 4.69) is 5.32 Å². The van der Waals surface area contributed by atoms with Gasteiger partial charge in [0.25, 0.3) is 0 Å². The van der Waals surface area contributed by atoms with Gasteiger partial charge in [0.15, 0.2) is 11.5 Å². The third-order valence-corrected chi connectivity index (χ3v) is 10.2. The van der Waals surface area contributed by atoms with Crippen molar-refractivity contribution in [1.82, 2.24) is 10.2 Å². The van der Waals surface area contributed by atoms with Gasteiger partial charge in [-0.15, -0.1) is 0 Å². The first kappa shape index (κ1) is 33.9. The van der Waals surface area contributed by atoms with Crippen molar-refractivity contribution in [3.8, 4) is 11.5 Å². The van der Waals surface area contributed by atoms with Crippen molar-refractivity contribution in [2.45, 2.75) is 63.6 Å². The molecule has 0 spiro atoms. The van der Waals surface area contributed by atoms with Gasteiger partial charge in [0.2, 0.25) is 21.8 Å². The molecule has 2 aliphatic rings. The zero-order valence-corrected chi connectivity index (χ0v) is 28.1. The van der Waals surface area contributed by atoms with Crippen molar-refractivity contribution < 1.29 is 27.5 Å². The SMILES string of the molecule is CS(=O)(=O)N(CCCC(=O)N(Cc1c(Cl)cccc1Cl)[C@@H](Cc1ccccc1)C(=O)NC1CCCC1)c1ccc2c(c1)OCCO2. The van der Waals surface area contributed by atoms with E-state index in [1.807, 2.05) is 30.3 Å². The first-order chi connectivity index (χ1) is 22.1. The van der Waals surface area contributed by atoms with E-state index in [9.17, 15) is 18.0 Å². The van der Waals surface area contributed by atoms with E-state index in [-0.39, 0.29) is 43.8 Å². The van der Waals surface area contributed by atoms with Crippen LogP contribution in [0.4, 0.5) is 5.69 Å². The maximum atomic E-state index is 14.2. The molecule has 1 aliphatic heterocycles. The predicted octanol–water partition coefficient (Wildman–Crippen LogP) is 6.01. The van der Waals surface area contributed by atoms with Crippen LogP contribution < -0.4 is 19.1 Å². The van der Waals surface area contributed by atoms with Crippen LogP contribution in [0.15, 0.2) is 66.7 Å². The molecule has 46 heavy (non-hydrogen) atoms. The number of hydrogen-bond donors (Lipinski definition) is 1. The summed E-state index contributed by atoms with van der Waals surface area (Å²) >= 11 is 13.1. The zero-order valence-electron chi connectivity index (χ0n) is 25.8. The highest BCUT2D eigenvalue weighted by Crippen LogP contribution is 2.35. The number of rotatable bonds is 13. The number of hydrogen-bond acceptors (Lipinski definition) is 6. The van der Waals surface area contributed by atoms with Gasteiger partial charge in [-0.2, -0.15) is 0 Å². The Morgan fingerprint density at radius 1 is 0.935 bits per heavy atom. The van der Waals surface area contributed by atoms with Crippen molar-refractivity contribution >= 4 is 50.7 Å². The summed E-state index contributed by atoms with van der Waals surface area (Å²) in [6, 6.07) is 18.9. The Balaban J connectivity index is 1.40. The molecule has 2 amide bonds. The zero-order chi connectivity index (χ0) is 32.7. The predicted molar refractivity (Wildman–Crippen MR) is 180 cm³/mol. The Hall–Kier alpha value is -3.47. The van der Waals surface area contributed by atoms with E-state index >= 15 is 0 Å². The lowest BCUT2D eigenvalue weighted by atomic mass is 10.0. The van der Waals surface area contributed by atoms with Gasteiger partial charge < -0.3 is 19.7 Å². The monoisotopic (exact) mass is 687 g/mol. The van der Waals surface area contributed by atoms with Crippen molar-refractivity contribution in [3.05, 3.63) is 87.9 Å². The molecule has 0 radical (unpaired) electrons. The normalized spacial score (nSPS) is 15.3. The molecule has 0 bridgehead atoms. The molecule has 1 heterocycles. The van der Waals surface area contributed by atoms with Crippen LogP contribution in [-0.2, 0) is 32.6 Å². The number of nitrogens with one attached hydrogen (secondary N) is 1. The molecule has 1 atom stereocenters. The Labute approximate surface area is 280 Å². The molecule has 0 saturated heterocycles. The maximum Gasteiger partial charge on any atom is 0.243 e. The van der Waals surface area contributed by atoms with Gasteiger partial charge >= 0.3 is 0 Å². The van der Waals surface area contributed by atoms with Crippen LogP contribution in [0.1, 0.15) is 49.7 Å². The van der Waals surface area contributed by atoms with E-state index in [1.165, 1.54) is 4.31 Å². The van der Waals surface area contributed by atoms with E-state index < -0.39 is 16.1 Å². The fourth-order valence-electron chi connectivity index (χ4n) is 5.97. The number of ether oxygens (including phenoxy) is 2. The Morgan fingerprint density at radius 2 is 1.61 bits per heavy atom. The fraction of sp³-hybridized carbons (Fsp3) is 0.412. The van der Waals surface area contributed by atoms with Crippen LogP contribution in [0.2, 0.25) is 10.0 Å². The number of benzene rings is 3. The van der Waals surface area contributed by atoms with Gasteiger partial charge in [0.1, 0.15) is 19.3 Å².